The Hall–Kier alpha value is -4.29. The first-order chi connectivity index (χ1) is 16.3. The van der Waals surface area contributed by atoms with Crippen LogP contribution in [0.3, 0.4) is 0 Å². The van der Waals surface area contributed by atoms with Crippen molar-refractivity contribution >= 4 is 46.9 Å². The smallest absolute Gasteiger partial charge is 0.225 e. The SMILES string of the molecule is S=c1nc(N(c2ccccc2)c2ccccc2)[nH]c(N(c2ccccc2)c2ccccc2)n1. The van der Waals surface area contributed by atoms with Crippen LogP contribution in [-0.4, -0.2) is 15.0 Å². The summed E-state index contributed by atoms with van der Waals surface area (Å²) in [6, 6.07) is 40.3. The summed E-state index contributed by atoms with van der Waals surface area (Å²) in [6.07, 6.45) is 0. The Morgan fingerprint density at radius 3 is 1.00 bits per heavy atom. The van der Waals surface area contributed by atoms with Crippen molar-refractivity contribution in [1.82, 2.24) is 15.0 Å². The van der Waals surface area contributed by atoms with E-state index in [-0.39, 0.29) is 4.77 Å². The monoisotopic (exact) mass is 447 g/mol. The van der Waals surface area contributed by atoms with Gasteiger partial charge in [0.1, 0.15) is 0 Å². The van der Waals surface area contributed by atoms with Crippen molar-refractivity contribution in [2.45, 2.75) is 0 Å². The summed E-state index contributed by atoms with van der Waals surface area (Å²) in [7, 11) is 0. The summed E-state index contributed by atoms with van der Waals surface area (Å²) >= 11 is 5.53. The predicted molar refractivity (Wildman–Crippen MR) is 137 cm³/mol. The number of aromatic amines is 1. The highest BCUT2D eigenvalue weighted by Crippen LogP contribution is 2.35. The lowest BCUT2D eigenvalue weighted by atomic mass is 10.2. The molecular formula is C27H21N5S. The van der Waals surface area contributed by atoms with Crippen molar-refractivity contribution < 1.29 is 0 Å². The Morgan fingerprint density at radius 1 is 0.455 bits per heavy atom. The highest BCUT2D eigenvalue weighted by molar-refractivity contribution is 7.71. The first-order valence-electron chi connectivity index (χ1n) is 10.6. The van der Waals surface area contributed by atoms with Gasteiger partial charge in [-0.15, -0.1) is 0 Å². The highest BCUT2D eigenvalue weighted by Gasteiger charge is 2.19. The van der Waals surface area contributed by atoms with Crippen LogP contribution < -0.4 is 9.80 Å². The van der Waals surface area contributed by atoms with Gasteiger partial charge in [0.2, 0.25) is 16.7 Å². The molecule has 1 N–H and O–H groups in total. The summed E-state index contributed by atoms with van der Waals surface area (Å²) in [6.45, 7) is 0. The maximum atomic E-state index is 5.53. The van der Waals surface area contributed by atoms with E-state index in [9.17, 15) is 0 Å². The number of anilines is 6. The Bertz CT molecular complexity index is 1190. The average Bonchev–Trinajstić information content (AvgIpc) is 2.87. The zero-order valence-corrected chi connectivity index (χ0v) is 18.6. The van der Waals surface area contributed by atoms with E-state index in [1.54, 1.807) is 0 Å². The fraction of sp³-hybridized carbons (Fsp3) is 0. The first kappa shape index (κ1) is 20.6. The van der Waals surface area contributed by atoms with Gasteiger partial charge < -0.3 is 0 Å². The number of hydrogen-bond donors (Lipinski definition) is 1. The Kier molecular flexibility index (Phi) is 5.91. The molecule has 5 aromatic rings. The summed E-state index contributed by atoms with van der Waals surface area (Å²) in [5, 5.41) is 0. The van der Waals surface area contributed by atoms with Gasteiger partial charge in [-0.1, -0.05) is 72.8 Å². The molecule has 160 valence electrons. The Balaban J connectivity index is 1.70. The molecule has 0 bridgehead atoms. The van der Waals surface area contributed by atoms with Crippen LogP contribution in [0.5, 0.6) is 0 Å². The number of H-pyrrole nitrogens is 1. The molecular weight excluding hydrogens is 426 g/mol. The van der Waals surface area contributed by atoms with E-state index in [0.29, 0.717) is 11.9 Å². The molecule has 1 aromatic heterocycles. The molecule has 33 heavy (non-hydrogen) atoms. The van der Waals surface area contributed by atoms with Crippen LogP contribution in [0.4, 0.5) is 34.6 Å². The second-order valence-electron chi connectivity index (χ2n) is 7.29. The summed E-state index contributed by atoms with van der Waals surface area (Å²) in [5.74, 6) is 1.17. The number of benzene rings is 4. The molecule has 0 radical (unpaired) electrons. The molecule has 0 atom stereocenters. The minimum absolute atomic E-state index is 0.257. The maximum Gasteiger partial charge on any atom is 0.225 e. The molecule has 1 heterocycles. The Morgan fingerprint density at radius 2 is 0.727 bits per heavy atom. The van der Waals surface area contributed by atoms with Crippen LogP contribution in [0, 0.1) is 4.77 Å². The van der Waals surface area contributed by atoms with Crippen LogP contribution >= 0.6 is 12.2 Å². The number of nitrogens with one attached hydrogen (secondary N) is 1. The van der Waals surface area contributed by atoms with Gasteiger partial charge in [0.05, 0.1) is 0 Å². The molecule has 5 nitrogen and oxygen atoms in total. The van der Waals surface area contributed by atoms with Crippen LogP contribution in [0.25, 0.3) is 0 Å². The number of rotatable bonds is 6. The standard InChI is InChI=1S/C27H21N5S/c33-27-29-25(31(21-13-5-1-6-14-21)22-15-7-2-8-16-22)28-26(30-27)32(23-17-9-3-10-18-23)24-19-11-4-12-20-24/h1-20H,(H,28,29,30,33). The molecule has 0 saturated carbocycles. The average molecular weight is 448 g/mol. The van der Waals surface area contributed by atoms with Gasteiger partial charge in [-0.05, 0) is 60.7 Å². The van der Waals surface area contributed by atoms with Crippen LogP contribution in [-0.2, 0) is 0 Å². The summed E-state index contributed by atoms with van der Waals surface area (Å²) in [5.41, 5.74) is 3.85. The molecule has 0 fully saturated rings. The van der Waals surface area contributed by atoms with Gasteiger partial charge >= 0.3 is 0 Å². The third-order valence-corrected chi connectivity index (χ3v) is 5.29. The van der Waals surface area contributed by atoms with E-state index in [1.807, 2.05) is 131 Å². The third kappa shape index (κ3) is 4.51. The van der Waals surface area contributed by atoms with E-state index in [2.05, 4.69) is 15.0 Å². The van der Waals surface area contributed by atoms with E-state index in [0.717, 1.165) is 22.7 Å². The largest absolute Gasteiger partial charge is 0.295 e. The van der Waals surface area contributed by atoms with E-state index in [4.69, 9.17) is 12.2 Å². The molecule has 0 aliphatic carbocycles. The van der Waals surface area contributed by atoms with Crippen molar-refractivity contribution in [3.05, 3.63) is 126 Å². The van der Waals surface area contributed by atoms with Crippen molar-refractivity contribution in [3.63, 3.8) is 0 Å². The lowest BCUT2D eigenvalue weighted by molar-refractivity contribution is 0.967. The highest BCUT2D eigenvalue weighted by atomic mass is 32.1. The van der Waals surface area contributed by atoms with Gasteiger partial charge in [-0.2, -0.15) is 9.97 Å². The van der Waals surface area contributed by atoms with Gasteiger partial charge in [-0.25, -0.2) is 0 Å². The van der Waals surface area contributed by atoms with Crippen LogP contribution in [0.1, 0.15) is 0 Å². The molecule has 0 spiro atoms. The zero-order chi connectivity index (χ0) is 22.5. The normalized spacial score (nSPS) is 10.5. The van der Waals surface area contributed by atoms with Crippen molar-refractivity contribution in [2.24, 2.45) is 0 Å². The van der Waals surface area contributed by atoms with Crippen molar-refractivity contribution in [1.29, 1.82) is 0 Å². The Labute approximate surface area is 197 Å². The van der Waals surface area contributed by atoms with Crippen LogP contribution in [0.15, 0.2) is 121 Å². The van der Waals surface area contributed by atoms with Gasteiger partial charge in [0, 0.05) is 22.7 Å². The number of aromatic nitrogens is 3. The number of para-hydroxylation sites is 4. The lowest BCUT2D eigenvalue weighted by Crippen LogP contribution is -2.18. The predicted octanol–water partition coefficient (Wildman–Crippen LogP) is 7.47. The third-order valence-electron chi connectivity index (χ3n) is 5.11. The first-order valence-corrected chi connectivity index (χ1v) is 11.0. The van der Waals surface area contributed by atoms with E-state index < -0.39 is 0 Å². The van der Waals surface area contributed by atoms with Gasteiger partial charge in [0.25, 0.3) is 0 Å². The topological polar surface area (TPSA) is 48.1 Å². The second kappa shape index (κ2) is 9.46. The minimum atomic E-state index is 0.257. The molecule has 4 aromatic carbocycles. The van der Waals surface area contributed by atoms with Gasteiger partial charge in [0.15, 0.2) is 0 Å². The maximum absolute atomic E-state index is 5.53. The zero-order valence-electron chi connectivity index (χ0n) is 17.7. The number of hydrogen-bond acceptors (Lipinski definition) is 5. The van der Waals surface area contributed by atoms with Gasteiger partial charge in [-0.3, -0.25) is 14.8 Å². The molecule has 5 rings (SSSR count). The minimum Gasteiger partial charge on any atom is -0.295 e. The van der Waals surface area contributed by atoms with E-state index >= 15 is 0 Å². The lowest BCUT2D eigenvalue weighted by Gasteiger charge is -2.27. The number of nitrogens with zero attached hydrogens (tertiary/aromatic N) is 4. The second-order valence-corrected chi connectivity index (χ2v) is 7.66. The van der Waals surface area contributed by atoms with E-state index in [1.165, 1.54) is 0 Å². The summed E-state index contributed by atoms with van der Waals surface area (Å²) < 4.78 is 0.257. The molecule has 6 heteroatoms. The summed E-state index contributed by atoms with van der Waals surface area (Å²) in [4.78, 5) is 16.7. The van der Waals surface area contributed by atoms with Crippen molar-refractivity contribution in [3.8, 4) is 0 Å². The molecule has 0 aliphatic heterocycles. The molecule has 0 amide bonds. The van der Waals surface area contributed by atoms with Crippen LogP contribution in [0.2, 0.25) is 0 Å². The molecule has 0 saturated heterocycles. The quantitative estimate of drug-likeness (QED) is 0.274. The van der Waals surface area contributed by atoms with Crippen molar-refractivity contribution in [2.75, 3.05) is 9.80 Å². The molecule has 0 aliphatic rings. The fourth-order valence-corrected chi connectivity index (χ4v) is 3.84. The fourth-order valence-electron chi connectivity index (χ4n) is 3.67. The molecule has 0 unspecified atom stereocenters.